The Balaban J connectivity index is 2.12. The van der Waals surface area contributed by atoms with Crippen LogP contribution in [0.2, 0.25) is 0 Å². The van der Waals surface area contributed by atoms with Gasteiger partial charge in [-0.3, -0.25) is 4.79 Å². The molecule has 4 heteroatoms. The molecule has 2 aromatic rings. The monoisotopic (exact) mass is 289 g/mol. The molecule has 1 aromatic heterocycles. The van der Waals surface area contributed by atoms with Crippen molar-refractivity contribution in [3.05, 3.63) is 51.2 Å². The van der Waals surface area contributed by atoms with Crippen molar-refractivity contribution < 1.29 is 9.53 Å². The maximum absolute atomic E-state index is 12.2. The fourth-order valence-electron chi connectivity index (χ4n) is 2.08. The van der Waals surface area contributed by atoms with Gasteiger partial charge in [-0.2, -0.15) is 0 Å². The van der Waals surface area contributed by atoms with Gasteiger partial charge in [0.15, 0.2) is 0 Å². The summed E-state index contributed by atoms with van der Waals surface area (Å²) in [6.07, 6.45) is 0.957. The first kappa shape index (κ1) is 14.8. The number of amides is 1. The summed E-state index contributed by atoms with van der Waals surface area (Å²) in [6.45, 7) is 4.70. The van der Waals surface area contributed by atoms with Crippen molar-refractivity contribution in [1.29, 1.82) is 0 Å². The van der Waals surface area contributed by atoms with Crippen molar-refractivity contribution in [3.8, 4) is 0 Å². The summed E-state index contributed by atoms with van der Waals surface area (Å²) in [5.74, 6) is -0.0487. The zero-order valence-electron chi connectivity index (χ0n) is 12.0. The van der Waals surface area contributed by atoms with Crippen molar-refractivity contribution in [1.82, 2.24) is 0 Å². The van der Waals surface area contributed by atoms with Gasteiger partial charge in [-0.05, 0) is 42.7 Å². The van der Waals surface area contributed by atoms with Crippen LogP contribution in [0.15, 0.2) is 30.3 Å². The molecule has 0 fully saturated rings. The molecule has 1 aromatic carbocycles. The van der Waals surface area contributed by atoms with E-state index in [9.17, 15) is 4.79 Å². The van der Waals surface area contributed by atoms with E-state index in [4.69, 9.17) is 4.74 Å². The minimum absolute atomic E-state index is 0.0487. The van der Waals surface area contributed by atoms with Gasteiger partial charge < -0.3 is 10.1 Å². The first-order valence-electron chi connectivity index (χ1n) is 6.62. The summed E-state index contributed by atoms with van der Waals surface area (Å²) in [5, 5.41) is 2.94. The summed E-state index contributed by atoms with van der Waals surface area (Å²) < 4.78 is 5.10. The van der Waals surface area contributed by atoms with Crippen LogP contribution in [0.4, 0.5) is 5.69 Å². The van der Waals surface area contributed by atoms with Crippen LogP contribution in [0.25, 0.3) is 0 Å². The Morgan fingerprint density at radius 1 is 1.35 bits per heavy atom. The number of carbonyl (C=O) groups is 1. The van der Waals surface area contributed by atoms with E-state index in [1.54, 1.807) is 18.4 Å². The lowest BCUT2D eigenvalue weighted by molar-refractivity contribution is 0.103. The number of hydrogen-bond acceptors (Lipinski definition) is 3. The topological polar surface area (TPSA) is 38.3 Å². The zero-order valence-corrected chi connectivity index (χ0v) is 12.8. The van der Waals surface area contributed by atoms with Crippen LogP contribution in [0.3, 0.4) is 0 Å². The van der Waals surface area contributed by atoms with Crippen LogP contribution in [-0.4, -0.2) is 13.0 Å². The standard InChI is InChI=1S/C16H19NO2S/c1-4-13-9-15(20-11(13)2)16(18)17-14-7-5-6-12(8-14)10-19-3/h5-9H,4,10H2,1-3H3,(H,17,18). The van der Waals surface area contributed by atoms with Crippen molar-refractivity contribution in [2.24, 2.45) is 0 Å². The van der Waals surface area contributed by atoms with Gasteiger partial charge in [-0.25, -0.2) is 0 Å². The minimum atomic E-state index is -0.0487. The fraction of sp³-hybridized carbons (Fsp3) is 0.312. The highest BCUT2D eigenvalue weighted by molar-refractivity contribution is 7.14. The largest absolute Gasteiger partial charge is 0.380 e. The number of benzene rings is 1. The van der Waals surface area contributed by atoms with E-state index in [2.05, 4.69) is 19.2 Å². The quantitative estimate of drug-likeness (QED) is 0.903. The van der Waals surface area contributed by atoms with E-state index >= 15 is 0 Å². The molecule has 20 heavy (non-hydrogen) atoms. The van der Waals surface area contributed by atoms with E-state index in [-0.39, 0.29) is 5.91 Å². The summed E-state index contributed by atoms with van der Waals surface area (Å²) in [7, 11) is 1.66. The number of hydrogen-bond donors (Lipinski definition) is 1. The van der Waals surface area contributed by atoms with Crippen LogP contribution in [-0.2, 0) is 17.8 Å². The highest BCUT2D eigenvalue weighted by atomic mass is 32.1. The van der Waals surface area contributed by atoms with Gasteiger partial charge in [-0.1, -0.05) is 19.1 Å². The van der Waals surface area contributed by atoms with Gasteiger partial charge in [-0.15, -0.1) is 11.3 Å². The molecule has 1 N–H and O–H groups in total. The lowest BCUT2D eigenvalue weighted by Crippen LogP contribution is -2.10. The summed E-state index contributed by atoms with van der Waals surface area (Å²) in [4.78, 5) is 14.2. The molecule has 0 aliphatic heterocycles. The predicted molar refractivity (Wildman–Crippen MR) is 83.5 cm³/mol. The average molecular weight is 289 g/mol. The molecule has 0 bridgehead atoms. The van der Waals surface area contributed by atoms with E-state index in [0.717, 1.165) is 22.5 Å². The first-order valence-corrected chi connectivity index (χ1v) is 7.44. The number of aryl methyl sites for hydroxylation is 2. The highest BCUT2D eigenvalue weighted by Crippen LogP contribution is 2.23. The fourth-order valence-corrected chi connectivity index (χ4v) is 3.09. The normalized spacial score (nSPS) is 10.6. The Bertz CT molecular complexity index is 604. The summed E-state index contributed by atoms with van der Waals surface area (Å²) in [5.41, 5.74) is 3.09. The Labute approximate surface area is 123 Å². The van der Waals surface area contributed by atoms with Crippen LogP contribution in [0, 0.1) is 6.92 Å². The predicted octanol–water partition coefficient (Wildman–Crippen LogP) is 4.02. The molecule has 0 saturated carbocycles. The number of methoxy groups -OCH3 is 1. The van der Waals surface area contributed by atoms with Gasteiger partial charge in [0.05, 0.1) is 11.5 Å². The number of thiophene rings is 1. The molecule has 0 saturated heterocycles. The SMILES string of the molecule is CCc1cc(C(=O)Nc2cccc(COC)c2)sc1C. The molecule has 0 aliphatic rings. The molecule has 0 atom stereocenters. The number of ether oxygens (including phenoxy) is 1. The lowest BCUT2D eigenvalue weighted by Gasteiger charge is -2.06. The average Bonchev–Trinajstić information content (AvgIpc) is 2.81. The molecule has 2 rings (SSSR count). The summed E-state index contributed by atoms with van der Waals surface area (Å²) in [6, 6.07) is 9.69. The Morgan fingerprint density at radius 2 is 2.15 bits per heavy atom. The molecule has 0 unspecified atom stereocenters. The Morgan fingerprint density at radius 3 is 2.80 bits per heavy atom. The van der Waals surface area contributed by atoms with Crippen LogP contribution in [0.5, 0.6) is 0 Å². The molecule has 0 aliphatic carbocycles. The van der Waals surface area contributed by atoms with Crippen LogP contribution in [0.1, 0.15) is 32.6 Å². The number of nitrogens with one attached hydrogen (secondary N) is 1. The van der Waals surface area contributed by atoms with Gasteiger partial charge in [0, 0.05) is 17.7 Å². The smallest absolute Gasteiger partial charge is 0.265 e. The molecule has 1 heterocycles. The van der Waals surface area contributed by atoms with Crippen molar-refractivity contribution >= 4 is 22.9 Å². The third-order valence-corrected chi connectivity index (χ3v) is 4.21. The summed E-state index contributed by atoms with van der Waals surface area (Å²) >= 11 is 1.54. The third kappa shape index (κ3) is 3.46. The zero-order chi connectivity index (χ0) is 14.5. The van der Waals surface area contributed by atoms with Crippen LogP contribution < -0.4 is 5.32 Å². The highest BCUT2D eigenvalue weighted by Gasteiger charge is 2.11. The van der Waals surface area contributed by atoms with E-state index in [0.29, 0.717) is 6.61 Å². The Kier molecular flexibility index (Phi) is 4.93. The van der Waals surface area contributed by atoms with Crippen molar-refractivity contribution in [2.75, 3.05) is 12.4 Å². The Hall–Kier alpha value is -1.65. The second-order valence-electron chi connectivity index (χ2n) is 4.63. The van der Waals surface area contributed by atoms with E-state index in [1.807, 2.05) is 30.3 Å². The number of anilines is 1. The second kappa shape index (κ2) is 6.68. The number of carbonyl (C=O) groups excluding carboxylic acids is 1. The van der Waals surface area contributed by atoms with Gasteiger partial charge in [0.1, 0.15) is 0 Å². The molecule has 1 amide bonds. The third-order valence-electron chi connectivity index (χ3n) is 3.12. The second-order valence-corrected chi connectivity index (χ2v) is 5.89. The van der Waals surface area contributed by atoms with E-state index < -0.39 is 0 Å². The van der Waals surface area contributed by atoms with Crippen molar-refractivity contribution in [3.63, 3.8) is 0 Å². The minimum Gasteiger partial charge on any atom is -0.380 e. The maximum atomic E-state index is 12.2. The molecule has 3 nitrogen and oxygen atoms in total. The molecule has 106 valence electrons. The van der Waals surface area contributed by atoms with Gasteiger partial charge in [0.2, 0.25) is 0 Å². The lowest BCUT2D eigenvalue weighted by atomic mass is 10.2. The maximum Gasteiger partial charge on any atom is 0.265 e. The molecular weight excluding hydrogens is 270 g/mol. The number of rotatable bonds is 5. The van der Waals surface area contributed by atoms with E-state index in [1.165, 1.54) is 10.4 Å². The molecular formula is C16H19NO2S. The van der Waals surface area contributed by atoms with Gasteiger partial charge >= 0.3 is 0 Å². The van der Waals surface area contributed by atoms with Gasteiger partial charge in [0.25, 0.3) is 5.91 Å². The molecule has 0 spiro atoms. The first-order chi connectivity index (χ1) is 9.63. The van der Waals surface area contributed by atoms with Crippen LogP contribution >= 0.6 is 11.3 Å². The molecule has 0 radical (unpaired) electrons. The van der Waals surface area contributed by atoms with Crippen molar-refractivity contribution in [2.45, 2.75) is 26.9 Å².